The molecule has 3 amide bonds. The summed E-state index contributed by atoms with van der Waals surface area (Å²) in [6, 6.07) is 14.2. The quantitative estimate of drug-likeness (QED) is 0.442. The summed E-state index contributed by atoms with van der Waals surface area (Å²) in [7, 11) is 0. The minimum absolute atomic E-state index is 0.0199. The molecule has 7 heteroatoms. The molecular weight excluding hydrogens is 372 g/mol. The van der Waals surface area contributed by atoms with E-state index in [1.807, 2.05) is 50.2 Å². The number of imide groups is 1. The van der Waals surface area contributed by atoms with Gasteiger partial charge in [0.25, 0.3) is 5.91 Å². The maximum absolute atomic E-state index is 12.8. The van der Waals surface area contributed by atoms with Crippen molar-refractivity contribution in [1.29, 1.82) is 0 Å². The van der Waals surface area contributed by atoms with Crippen LogP contribution in [0.3, 0.4) is 0 Å². The summed E-state index contributed by atoms with van der Waals surface area (Å²) in [5.41, 5.74) is 1.47. The molecule has 0 spiro atoms. The summed E-state index contributed by atoms with van der Waals surface area (Å²) in [6.07, 6.45) is 0. The molecule has 0 aliphatic carbocycles. The van der Waals surface area contributed by atoms with Crippen LogP contribution in [-0.2, 0) is 19.9 Å². The average Bonchev–Trinajstić information content (AvgIpc) is 2.91. The van der Waals surface area contributed by atoms with Crippen LogP contribution in [0.4, 0.5) is 4.79 Å². The lowest BCUT2D eigenvalue weighted by Crippen LogP contribution is -2.41. The number of nitrogens with zero attached hydrogens (tertiary/aromatic N) is 1. The van der Waals surface area contributed by atoms with Crippen molar-refractivity contribution in [2.24, 2.45) is 0 Å². The van der Waals surface area contributed by atoms with E-state index in [0.717, 1.165) is 16.0 Å². The minimum Gasteiger partial charge on any atom is -0.490 e. The van der Waals surface area contributed by atoms with E-state index < -0.39 is 30.0 Å². The van der Waals surface area contributed by atoms with Gasteiger partial charge in [-0.3, -0.25) is 14.5 Å². The molecule has 3 rings (SSSR count). The molecule has 2 aromatic rings. The van der Waals surface area contributed by atoms with Crippen LogP contribution >= 0.6 is 0 Å². The van der Waals surface area contributed by atoms with Crippen LogP contribution in [0.1, 0.15) is 23.6 Å². The molecule has 1 atom stereocenters. The molecule has 1 fully saturated rings. The Labute approximate surface area is 169 Å². The van der Waals surface area contributed by atoms with Crippen molar-refractivity contribution in [3.8, 4) is 5.75 Å². The molecule has 1 heterocycles. The minimum atomic E-state index is -1.21. The Hall–Kier alpha value is -3.35. The van der Waals surface area contributed by atoms with Crippen LogP contribution in [0.5, 0.6) is 5.75 Å². The van der Waals surface area contributed by atoms with E-state index in [9.17, 15) is 14.4 Å². The summed E-state index contributed by atoms with van der Waals surface area (Å²) < 4.78 is 10.7. The number of esters is 1. The smallest absolute Gasteiger partial charge is 0.326 e. The molecule has 0 radical (unpaired) electrons. The van der Waals surface area contributed by atoms with Gasteiger partial charge in [-0.05, 0) is 38.0 Å². The molecular formula is C22H24N2O5. The molecule has 0 unspecified atom stereocenters. The van der Waals surface area contributed by atoms with Crippen molar-refractivity contribution in [3.05, 3.63) is 65.2 Å². The predicted octanol–water partition coefficient (Wildman–Crippen LogP) is 2.69. The maximum Gasteiger partial charge on any atom is 0.326 e. The van der Waals surface area contributed by atoms with Crippen molar-refractivity contribution < 1.29 is 23.9 Å². The fourth-order valence-corrected chi connectivity index (χ4v) is 3.12. The number of nitrogens with one attached hydrogen (secondary N) is 1. The molecule has 152 valence electrons. The van der Waals surface area contributed by atoms with Gasteiger partial charge in [0.1, 0.15) is 31.0 Å². The van der Waals surface area contributed by atoms with E-state index in [1.165, 1.54) is 0 Å². The lowest BCUT2D eigenvalue weighted by atomic mass is 9.91. The van der Waals surface area contributed by atoms with Gasteiger partial charge < -0.3 is 14.8 Å². The number of carbonyl (C=O) groups excluding carboxylic acids is 3. The second-order valence-corrected chi connectivity index (χ2v) is 7.15. The first-order valence-electron chi connectivity index (χ1n) is 9.36. The third-order valence-corrected chi connectivity index (χ3v) is 4.89. The second-order valence-electron chi connectivity index (χ2n) is 7.15. The monoisotopic (exact) mass is 396 g/mol. The van der Waals surface area contributed by atoms with Gasteiger partial charge >= 0.3 is 12.0 Å². The number of benzene rings is 2. The number of hydrogen-bond donors (Lipinski definition) is 1. The molecule has 1 saturated heterocycles. The van der Waals surface area contributed by atoms with Crippen molar-refractivity contribution in [2.75, 3.05) is 19.8 Å². The molecule has 1 aliphatic heterocycles. The maximum atomic E-state index is 12.8. The van der Waals surface area contributed by atoms with Crippen molar-refractivity contribution >= 4 is 17.9 Å². The third kappa shape index (κ3) is 4.39. The average molecular weight is 396 g/mol. The first-order valence-corrected chi connectivity index (χ1v) is 9.36. The SMILES string of the molecule is Cc1ccc([C@]2(C)NC(=O)N(CC(=O)OCCOc3ccccc3C)C2=O)cc1. The normalized spacial score (nSPS) is 18.5. The van der Waals surface area contributed by atoms with Crippen LogP contribution in [0.2, 0.25) is 0 Å². The molecule has 0 aromatic heterocycles. The highest BCUT2D eigenvalue weighted by molar-refractivity contribution is 6.08. The Morgan fingerprint density at radius 1 is 1.03 bits per heavy atom. The molecule has 2 aromatic carbocycles. The van der Waals surface area contributed by atoms with Crippen molar-refractivity contribution in [3.63, 3.8) is 0 Å². The standard InChI is InChI=1S/C22H24N2O5/c1-15-8-10-17(11-9-15)22(3)20(26)24(21(27)23-22)14-19(25)29-13-12-28-18-7-5-4-6-16(18)2/h4-11H,12-14H2,1-3H3,(H,23,27)/t22-/m0/s1. The van der Waals surface area contributed by atoms with Crippen LogP contribution in [-0.4, -0.2) is 42.6 Å². The van der Waals surface area contributed by atoms with E-state index in [4.69, 9.17) is 9.47 Å². The van der Waals surface area contributed by atoms with Gasteiger partial charge in [0.15, 0.2) is 0 Å². The van der Waals surface area contributed by atoms with Gasteiger partial charge in [-0.15, -0.1) is 0 Å². The molecule has 29 heavy (non-hydrogen) atoms. The third-order valence-electron chi connectivity index (χ3n) is 4.89. The van der Waals surface area contributed by atoms with E-state index in [-0.39, 0.29) is 13.2 Å². The van der Waals surface area contributed by atoms with Crippen LogP contribution in [0.25, 0.3) is 0 Å². The van der Waals surface area contributed by atoms with E-state index in [1.54, 1.807) is 19.1 Å². The number of aryl methyl sites for hydroxylation is 2. The topological polar surface area (TPSA) is 84.9 Å². The fourth-order valence-electron chi connectivity index (χ4n) is 3.12. The zero-order chi connectivity index (χ0) is 21.0. The highest BCUT2D eigenvalue weighted by atomic mass is 16.6. The first-order chi connectivity index (χ1) is 13.8. The Kier molecular flexibility index (Phi) is 5.87. The zero-order valence-electron chi connectivity index (χ0n) is 16.7. The van der Waals surface area contributed by atoms with Gasteiger partial charge in [0.2, 0.25) is 0 Å². The number of para-hydroxylation sites is 1. The second kappa shape index (κ2) is 8.34. The summed E-state index contributed by atoms with van der Waals surface area (Å²) in [5.74, 6) is -0.444. The summed E-state index contributed by atoms with van der Waals surface area (Å²) >= 11 is 0. The van der Waals surface area contributed by atoms with Gasteiger partial charge in [-0.25, -0.2) is 4.79 Å². The molecule has 0 saturated carbocycles. The van der Waals surface area contributed by atoms with Crippen molar-refractivity contribution in [2.45, 2.75) is 26.3 Å². The predicted molar refractivity (Wildman–Crippen MR) is 106 cm³/mol. The highest BCUT2D eigenvalue weighted by Crippen LogP contribution is 2.28. The van der Waals surface area contributed by atoms with Crippen LogP contribution in [0, 0.1) is 13.8 Å². The van der Waals surface area contributed by atoms with Gasteiger partial charge in [0, 0.05) is 0 Å². The number of hydrogen-bond acceptors (Lipinski definition) is 5. The number of urea groups is 1. The highest BCUT2D eigenvalue weighted by Gasteiger charge is 2.49. The van der Waals surface area contributed by atoms with Gasteiger partial charge in [-0.1, -0.05) is 48.0 Å². The lowest BCUT2D eigenvalue weighted by molar-refractivity contribution is -0.148. The summed E-state index contributed by atoms with van der Waals surface area (Å²) in [6.45, 7) is 5.23. The Bertz CT molecular complexity index is 925. The lowest BCUT2D eigenvalue weighted by Gasteiger charge is -2.22. The molecule has 1 N–H and O–H groups in total. The number of ether oxygens (including phenoxy) is 2. The Morgan fingerprint density at radius 2 is 1.72 bits per heavy atom. The fraction of sp³-hybridized carbons (Fsp3) is 0.318. The molecule has 7 nitrogen and oxygen atoms in total. The first kappa shape index (κ1) is 20.4. The Balaban J connectivity index is 1.53. The molecule has 0 bridgehead atoms. The van der Waals surface area contributed by atoms with Crippen LogP contribution < -0.4 is 10.1 Å². The van der Waals surface area contributed by atoms with E-state index in [0.29, 0.717) is 11.3 Å². The van der Waals surface area contributed by atoms with Gasteiger partial charge in [0.05, 0.1) is 0 Å². The number of rotatable bonds is 7. The summed E-state index contributed by atoms with van der Waals surface area (Å²) in [5, 5.41) is 2.67. The van der Waals surface area contributed by atoms with Crippen molar-refractivity contribution in [1.82, 2.24) is 10.2 Å². The largest absolute Gasteiger partial charge is 0.490 e. The Morgan fingerprint density at radius 3 is 2.41 bits per heavy atom. The number of amides is 3. The summed E-state index contributed by atoms with van der Waals surface area (Å²) in [4.78, 5) is 38.1. The van der Waals surface area contributed by atoms with Crippen LogP contribution in [0.15, 0.2) is 48.5 Å². The van der Waals surface area contributed by atoms with Gasteiger partial charge in [-0.2, -0.15) is 0 Å². The van der Waals surface area contributed by atoms with E-state index >= 15 is 0 Å². The van der Waals surface area contributed by atoms with E-state index in [2.05, 4.69) is 5.32 Å². The zero-order valence-corrected chi connectivity index (χ0v) is 16.7. The molecule has 1 aliphatic rings. The number of carbonyl (C=O) groups is 3.